The number of hydrogen-bond acceptors (Lipinski definition) is 2. The number of anilines is 2. The zero-order valence-corrected chi connectivity index (χ0v) is 16.9. The molecule has 0 bridgehead atoms. The number of halogens is 1. The molecular formula is C21H26ClN3S. The summed E-state index contributed by atoms with van der Waals surface area (Å²) in [6.45, 7) is 6.76. The van der Waals surface area contributed by atoms with Crippen LogP contribution in [-0.4, -0.2) is 18.2 Å². The zero-order chi connectivity index (χ0) is 18.5. The van der Waals surface area contributed by atoms with Crippen LogP contribution in [0.25, 0.3) is 0 Å². The Hall–Kier alpha value is -1.78. The molecule has 0 aromatic heterocycles. The molecule has 2 N–H and O–H groups in total. The first-order chi connectivity index (χ1) is 12.5. The lowest BCUT2D eigenvalue weighted by atomic mass is 9.99. The van der Waals surface area contributed by atoms with Gasteiger partial charge in [-0.05, 0) is 73.8 Å². The van der Waals surface area contributed by atoms with Crippen LogP contribution in [-0.2, 0) is 0 Å². The fourth-order valence-electron chi connectivity index (χ4n) is 3.41. The Balaban J connectivity index is 1.57. The quantitative estimate of drug-likeness (QED) is 0.665. The first-order valence-corrected chi connectivity index (χ1v) is 9.98. The van der Waals surface area contributed by atoms with Gasteiger partial charge in [0.05, 0.1) is 6.04 Å². The van der Waals surface area contributed by atoms with Crippen molar-refractivity contribution in [3.8, 4) is 0 Å². The van der Waals surface area contributed by atoms with Gasteiger partial charge in [-0.3, -0.25) is 0 Å². The molecule has 0 saturated carbocycles. The summed E-state index contributed by atoms with van der Waals surface area (Å²) in [5.41, 5.74) is 3.41. The molecule has 2 atom stereocenters. The van der Waals surface area contributed by atoms with Gasteiger partial charge in [0.2, 0.25) is 0 Å². The van der Waals surface area contributed by atoms with Crippen molar-refractivity contribution in [3.63, 3.8) is 0 Å². The first-order valence-electron chi connectivity index (χ1n) is 9.19. The molecule has 0 radical (unpaired) electrons. The molecule has 0 unspecified atom stereocenters. The summed E-state index contributed by atoms with van der Waals surface area (Å²) >= 11 is 11.4. The summed E-state index contributed by atoms with van der Waals surface area (Å²) in [5.74, 6) is 0.777. The van der Waals surface area contributed by atoms with Gasteiger partial charge in [-0.25, -0.2) is 0 Å². The van der Waals surface area contributed by atoms with Crippen molar-refractivity contribution >= 4 is 40.3 Å². The molecule has 3 rings (SSSR count). The van der Waals surface area contributed by atoms with E-state index in [0.717, 1.165) is 24.7 Å². The van der Waals surface area contributed by atoms with Crippen LogP contribution in [0.3, 0.4) is 0 Å². The van der Waals surface area contributed by atoms with Gasteiger partial charge in [-0.1, -0.05) is 36.7 Å². The molecule has 1 aliphatic rings. The predicted molar refractivity (Wildman–Crippen MR) is 116 cm³/mol. The molecule has 26 heavy (non-hydrogen) atoms. The second-order valence-electron chi connectivity index (χ2n) is 7.12. The van der Waals surface area contributed by atoms with Gasteiger partial charge >= 0.3 is 0 Å². The maximum atomic E-state index is 6.01. The van der Waals surface area contributed by atoms with E-state index in [0.29, 0.717) is 10.1 Å². The molecular weight excluding hydrogens is 362 g/mol. The standard InChI is InChI=1S/C21H26ClN3S/c1-15-5-4-12-25(14-15)20-10-8-17(9-11-20)16(2)23-21(26)24-19-7-3-6-18(22)13-19/h3,6-11,13,15-16H,4-5,12,14H2,1-2H3,(H2,23,24,26)/t15-,16+/m1/s1. The number of piperidine rings is 1. The van der Waals surface area contributed by atoms with E-state index < -0.39 is 0 Å². The van der Waals surface area contributed by atoms with E-state index >= 15 is 0 Å². The average Bonchev–Trinajstić information content (AvgIpc) is 2.61. The summed E-state index contributed by atoms with van der Waals surface area (Å²) < 4.78 is 0. The summed E-state index contributed by atoms with van der Waals surface area (Å²) in [6, 6.07) is 16.5. The number of nitrogens with one attached hydrogen (secondary N) is 2. The molecule has 2 aromatic rings. The minimum atomic E-state index is 0.128. The Bertz CT molecular complexity index is 747. The van der Waals surface area contributed by atoms with Crippen molar-refractivity contribution in [3.05, 3.63) is 59.1 Å². The minimum absolute atomic E-state index is 0.128. The van der Waals surface area contributed by atoms with Crippen molar-refractivity contribution in [2.75, 3.05) is 23.3 Å². The Kier molecular flexibility index (Phi) is 6.38. The maximum absolute atomic E-state index is 6.01. The highest BCUT2D eigenvalue weighted by atomic mass is 35.5. The number of nitrogens with zero attached hydrogens (tertiary/aromatic N) is 1. The molecule has 3 nitrogen and oxygen atoms in total. The Labute approximate surface area is 166 Å². The number of benzene rings is 2. The number of hydrogen-bond donors (Lipinski definition) is 2. The number of rotatable bonds is 4. The molecule has 0 spiro atoms. The van der Waals surface area contributed by atoms with Crippen LogP contribution in [0.2, 0.25) is 5.02 Å². The third kappa shape index (κ3) is 5.12. The fraction of sp³-hybridized carbons (Fsp3) is 0.381. The molecule has 0 amide bonds. The van der Waals surface area contributed by atoms with Gasteiger partial charge in [0.1, 0.15) is 0 Å². The van der Waals surface area contributed by atoms with Crippen molar-refractivity contribution in [2.24, 2.45) is 5.92 Å². The third-order valence-corrected chi connectivity index (χ3v) is 5.30. The van der Waals surface area contributed by atoms with Crippen LogP contribution < -0.4 is 15.5 Å². The van der Waals surface area contributed by atoms with Crippen molar-refractivity contribution in [1.82, 2.24) is 5.32 Å². The molecule has 1 heterocycles. The normalized spacial score (nSPS) is 18.3. The molecule has 0 aliphatic carbocycles. The molecule has 5 heteroatoms. The lowest BCUT2D eigenvalue weighted by Gasteiger charge is -2.33. The summed E-state index contributed by atoms with van der Waals surface area (Å²) in [4.78, 5) is 2.49. The van der Waals surface area contributed by atoms with E-state index in [1.54, 1.807) is 0 Å². The minimum Gasteiger partial charge on any atom is -0.371 e. The Morgan fingerprint density at radius 1 is 1.23 bits per heavy atom. The van der Waals surface area contributed by atoms with Gasteiger partial charge in [-0.2, -0.15) is 0 Å². The fourth-order valence-corrected chi connectivity index (χ4v) is 3.90. The Morgan fingerprint density at radius 2 is 2.00 bits per heavy atom. The van der Waals surface area contributed by atoms with Crippen LogP contribution >= 0.6 is 23.8 Å². The predicted octanol–water partition coefficient (Wildman–Crippen LogP) is 5.62. The molecule has 1 fully saturated rings. The van der Waals surface area contributed by atoms with Gasteiger partial charge in [0.15, 0.2) is 5.11 Å². The molecule has 138 valence electrons. The van der Waals surface area contributed by atoms with Crippen LogP contribution in [0.15, 0.2) is 48.5 Å². The second kappa shape index (κ2) is 8.74. The van der Waals surface area contributed by atoms with E-state index in [1.165, 1.54) is 24.1 Å². The largest absolute Gasteiger partial charge is 0.371 e. The SMILES string of the molecule is C[C@@H]1CCCN(c2ccc([C@H](C)NC(=S)Nc3cccc(Cl)c3)cc2)C1. The average molecular weight is 388 g/mol. The van der Waals surface area contributed by atoms with Crippen molar-refractivity contribution in [1.29, 1.82) is 0 Å². The molecule has 1 aliphatic heterocycles. The van der Waals surface area contributed by atoms with E-state index in [2.05, 4.69) is 53.6 Å². The highest BCUT2D eigenvalue weighted by molar-refractivity contribution is 7.80. The Morgan fingerprint density at radius 3 is 2.69 bits per heavy atom. The highest BCUT2D eigenvalue weighted by Gasteiger charge is 2.17. The third-order valence-electron chi connectivity index (χ3n) is 4.85. The van der Waals surface area contributed by atoms with E-state index in [-0.39, 0.29) is 6.04 Å². The number of thiocarbonyl (C=S) groups is 1. The van der Waals surface area contributed by atoms with E-state index in [9.17, 15) is 0 Å². The summed E-state index contributed by atoms with van der Waals surface area (Å²) in [5, 5.41) is 7.79. The van der Waals surface area contributed by atoms with Crippen molar-refractivity contribution < 1.29 is 0 Å². The molecule has 1 saturated heterocycles. The van der Waals surface area contributed by atoms with E-state index in [1.807, 2.05) is 24.3 Å². The van der Waals surface area contributed by atoms with Crippen LogP contribution in [0.5, 0.6) is 0 Å². The van der Waals surface area contributed by atoms with Crippen LogP contribution in [0.4, 0.5) is 11.4 Å². The topological polar surface area (TPSA) is 27.3 Å². The smallest absolute Gasteiger partial charge is 0.171 e. The maximum Gasteiger partial charge on any atom is 0.171 e. The first kappa shape index (κ1) is 19.0. The zero-order valence-electron chi connectivity index (χ0n) is 15.3. The molecule has 2 aromatic carbocycles. The van der Waals surface area contributed by atoms with Gasteiger partial charge < -0.3 is 15.5 Å². The second-order valence-corrected chi connectivity index (χ2v) is 7.96. The monoisotopic (exact) mass is 387 g/mol. The lowest BCUT2D eigenvalue weighted by Crippen LogP contribution is -2.34. The van der Waals surface area contributed by atoms with Gasteiger partial charge in [0, 0.05) is 29.5 Å². The van der Waals surface area contributed by atoms with Gasteiger partial charge in [-0.15, -0.1) is 0 Å². The summed E-state index contributed by atoms with van der Waals surface area (Å²) in [7, 11) is 0. The van der Waals surface area contributed by atoms with E-state index in [4.69, 9.17) is 23.8 Å². The van der Waals surface area contributed by atoms with Gasteiger partial charge in [0.25, 0.3) is 0 Å². The van der Waals surface area contributed by atoms with Crippen LogP contribution in [0.1, 0.15) is 38.3 Å². The van der Waals surface area contributed by atoms with Crippen molar-refractivity contribution in [2.45, 2.75) is 32.7 Å². The lowest BCUT2D eigenvalue weighted by molar-refractivity contribution is 0.447. The summed E-state index contributed by atoms with van der Waals surface area (Å²) in [6.07, 6.45) is 2.62. The highest BCUT2D eigenvalue weighted by Crippen LogP contribution is 2.24. The van der Waals surface area contributed by atoms with Crippen LogP contribution in [0, 0.1) is 5.92 Å².